The van der Waals surface area contributed by atoms with E-state index in [9.17, 15) is 14.4 Å². The number of amides is 2. The second-order valence-electron chi connectivity index (χ2n) is 4.83. The molecule has 0 atom stereocenters. The van der Waals surface area contributed by atoms with Gasteiger partial charge in [-0.05, 0) is 12.8 Å². The van der Waals surface area contributed by atoms with Gasteiger partial charge in [-0.3, -0.25) is 9.59 Å². The molecule has 1 saturated carbocycles. The Morgan fingerprint density at radius 1 is 1.48 bits per heavy atom. The highest BCUT2D eigenvalue weighted by molar-refractivity contribution is 7.12. The number of carbonyl (C=O) groups is 3. The summed E-state index contributed by atoms with van der Waals surface area (Å²) in [5.41, 5.74) is 0. The maximum absolute atomic E-state index is 11.8. The number of aromatic carboxylic acids is 1. The zero-order valence-corrected chi connectivity index (χ0v) is 12.3. The lowest BCUT2D eigenvalue weighted by atomic mass is 10.4. The number of carboxylic acids is 1. The molecule has 2 N–H and O–H groups in total. The van der Waals surface area contributed by atoms with Gasteiger partial charge in [0.2, 0.25) is 5.91 Å². The van der Waals surface area contributed by atoms with E-state index < -0.39 is 5.97 Å². The molecular formula is C13H16N2O5S. The Balaban J connectivity index is 1.74. The Kier molecular flexibility index (Phi) is 4.79. The van der Waals surface area contributed by atoms with Crippen LogP contribution in [0.5, 0.6) is 5.75 Å². The minimum atomic E-state index is -1.03. The molecular weight excluding hydrogens is 296 g/mol. The van der Waals surface area contributed by atoms with Gasteiger partial charge in [-0.1, -0.05) is 0 Å². The molecule has 0 radical (unpaired) electrons. The highest BCUT2D eigenvalue weighted by Gasteiger charge is 2.24. The van der Waals surface area contributed by atoms with Gasteiger partial charge in [0.05, 0.1) is 6.54 Å². The highest BCUT2D eigenvalue weighted by atomic mass is 32.1. The third-order valence-corrected chi connectivity index (χ3v) is 3.79. The molecule has 0 aromatic carbocycles. The Hall–Kier alpha value is -2.09. The van der Waals surface area contributed by atoms with Gasteiger partial charge in [-0.2, -0.15) is 0 Å². The number of nitrogens with zero attached hydrogens (tertiary/aromatic N) is 1. The molecule has 0 aliphatic heterocycles. The van der Waals surface area contributed by atoms with Crippen molar-refractivity contribution in [3.8, 4) is 5.75 Å². The molecule has 1 aromatic rings. The number of rotatable bonds is 7. The van der Waals surface area contributed by atoms with Crippen molar-refractivity contribution in [2.24, 2.45) is 0 Å². The van der Waals surface area contributed by atoms with E-state index in [0.717, 1.165) is 24.2 Å². The maximum Gasteiger partial charge on any atom is 0.346 e. The first kappa shape index (κ1) is 15.3. The normalized spacial score (nSPS) is 13.6. The third kappa shape index (κ3) is 4.75. The van der Waals surface area contributed by atoms with Gasteiger partial charge >= 0.3 is 5.97 Å². The molecule has 1 aliphatic rings. The number of hydrogen-bond acceptors (Lipinski definition) is 5. The van der Waals surface area contributed by atoms with E-state index in [4.69, 9.17) is 9.84 Å². The molecule has 2 amide bonds. The molecule has 1 heterocycles. The van der Waals surface area contributed by atoms with Crippen LogP contribution in [-0.2, 0) is 9.59 Å². The molecule has 1 aliphatic carbocycles. The standard InChI is InChI=1S/C13H16N2O5S/c1-15(5-11(16)14-8-2-3-8)12(17)6-20-9-4-10(13(18)19)21-7-9/h4,7-8H,2-3,5-6H2,1H3,(H,14,16)(H,18,19). The van der Waals surface area contributed by atoms with Crippen molar-refractivity contribution in [3.05, 3.63) is 16.3 Å². The molecule has 21 heavy (non-hydrogen) atoms. The lowest BCUT2D eigenvalue weighted by molar-refractivity contribution is -0.136. The number of carboxylic acid groups (broad SMARTS) is 1. The van der Waals surface area contributed by atoms with E-state index in [2.05, 4.69) is 5.32 Å². The van der Waals surface area contributed by atoms with Gasteiger partial charge in [0, 0.05) is 24.5 Å². The van der Waals surface area contributed by atoms with Crippen molar-refractivity contribution in [2.45, 2.75) is 18.9 Å². The number of nitrogens with one attached hydrogen (secondary N) is 1. The smallest absolute Gasteiger partial charge is 0.346 e. The van der Waals surface area contributed by atoms with Gasteiger partial charge in [0.15, 0.2) is 6.61 Å². The number of carbonyl (C=O) groups excluding carboxylic acids is 2. The zero-order valence-electron chi connectivity index (χ0n) is 11.5. The van der Waals surface area contributed by atoms with Crippen molar-refractivity contribution >= 4 is 29.1 Å². The van der Waals surface area contributed by atoms with Crippen LogP contribution in [0.3, 0.4) is 0 Å². The summed E-state index contributed by atoms with van der Waals surface area (Å²) in [7, 11) is 1.52. The van der Waals surface area contributed by atoms with E-state index in [1.54, 1.807) is 0 Å². The van der Waals surface area contributed by atoms with Crippen molar-refractivity contribution in [1.29, 1.82) is 0 Å². The predicted molar refractivity (Wildman–Crippen MR) is 75.6 cm³/mol. The third-order valence-electron chi connectivity index (χ3n) is 2.90. The monoisotopic (exact) mass is 312 g/mol. The van der Waals surface area contributed by atoms with Gasteiger partial charge in [0.25, 0.3) is 5.91 Å². The molecule has 8 heteroatoms. The average molecular weight is 312 g/mol. The van der Waals surface area contributed by atoms with Crippen molar-refractivity contribution in [2.75, 3.05) is 20.2 Å². The lowest BCUT2D eigenvalue weighted by Gasteiger charge is -2.16. The second-order valence-corrected chi connectivity index (χ2v) is 5.74. The summed E-state index contributed by atoms with van der Waals surface area (Å²) in [6, 6.07) is 1.62. The molecule has 0 spiro atoms. The number of thiophene rings is 1. The minimum Gasteiger partial charge on any atom is -0.483 e. The van der Waals surface area contributed by atoms with Crippen LogP contribution in [0, 0.1) is 0 Å². The average Bonchev–Trinajstić information content (AvgIpc) is 3.09. The Labute approximate surface area is 125 Å². The van der Waals surface area contributed by atoms with Gasteiger partial charge in [-0.15, -0.1) is 11.3 Å². The molecule has 0 saturated heterocycles. The topological polar surface area (TPSA) is 95.9 Å². The Morgan fingerprint density at radius 2 is 2.19 bits per heavy atom. The SMILES string of the molecule is CN(CC(=O)NC1CC1)C(=O)COc1csc(C(=O)O)c1. The summed E-state index contributed by atoms with van der Waals surface area (Å²) in [5.74, 6) is -1.22. The van der Waals surface area contributed by atoms with Gasteiger partial charge < -0.3 is 20.1 Å². The van der Waals surface area contributed by atoms with E-state index in [1.807, 2.05) is 0 Å². The number of ether oxygens (including phenoxy) is 1. The fraction of sp³-hybridized carbons (Fsp3) is 0.462. The molecule has 2 rings (SSSR count). The fourth-order valence-corrected chi connectivity index (χ4v) is 2.23. The van der Waals surface area contributed by atoms with Crippen LogP contribution in [0.1, 0.15) is 22.5 Å². The lowest BCUT2D eigenvalue weighted by Crippen LogP contribution is -2.40. The van der Waals surface area contributed by atoms with Crippen LogP contribution in [0.25, 0.3) is 0 Å². The summed E-state index contributed by atoms with van der Waals surface area (Å²) >= 11 is 1.03. The first-order valence-electron chi connectivity index (χ1n) is 6.43. The van der Waals surface area contributed by atoms with Crippen LogP contribution < -0.4 is 10.1 Å². The number of hydrogen-bond donors (Lipinski definition) is 2. The molecule has 114 valence electrons. The van der Waals surface area contributed by atoms with Crippen molar-refractivity contribution in [3.63, 3.8) is 0 Å². The van der Waals surface area contributed by atoms with Crippen molar-refractivity contribution < 1.29 is 24.2 Å². The van der Waals surface area contributed by atoms with Crippen LogP contribution in [0.2, 0.25) is 0 Å². The molecule has 1 fully saturated rings. The number of likely N-dealkylation sites (N-methyl/N-ethyl adjacent to an activating group) is 1. The van der Waals surface area contributed by atoms with E-state index in [1.165, 1.54) is 23.4 Å². The van der Waals surface area contributed by atoms with Gasteiger partial charge in [0.1, 0.15) is 10.6 Å². The first-order chi connectivity index (χ1) is 9.95. The van der Waals surface area contributed by atoms with E-state index >= 15 is 0 Å². The molecule has 0 bridgehead atoms. The minimum absolute atomic E-state index is 0.0112. The largest absolute Gasteiger partial charge is 0.483 e. The summed E-state index contributed by atoms with van der Waals surface area (Å²) in [6.07, 6.45) is 1.99. The Bertz CT molecular complexity index is 553. The second kappa shape index (κ2) is 6.57. The summed E-state index contributed by atoms with van der Waals surface area (Å²) in [6.45, 7) is -0.244. The molecule has 1 aromatic heterocycles. The zero-order chi connectivity index (χ0) is 15.4. The first-order valence-corrected chi connectivity index (χ1v) is 7.31. The highest BCUT2D eigenvalue weighted by Crippen LogP contribution is 2.21. The fourth-order valence-electron chi connectivity index (χ4n) is 1.57. The van der Waals surface area contributed by atoms with Crippen LogP contribution in [0.15, 0.2) is 11.4 Å². The van der Waals surface area contributed by atoms with Crippen LogP contribution >= 0.6 is 11.3 Å². The van der Waals surface area contributed by atoms with Crippen LogP contribution in [0.4, 0.5) is 0 Å². The van der Waals surface area contributed by atoms with Crippen LogP contribution in [-0.4, -0.2) is 54.0 Å². The van der Waals surface area contributed by atoms with E-state index in [0.29, 0.717) is 5.75 Å². The Morgan fingerprint density at radius 3 is 2.76 bits per heavy atom. The molecule has 0 unspecified atom stereocenters. The summed E-state index contributed by atoms with van der Waals surface area (Å²) < 4.78 is 5.22. The van der Waals surface area contributed by atoms with Gasteiger partial charge in [-0.25, -0.2) is 4.79 Å². The predicted octanol–water partition coefficient (Wildman–Crippen LogP) is 0.562. The summed E-state index contributed by atoms with van der Waals surface area (Å²) in [4.78, 5) is 35.5. The quantitative estimate of drug-likeness (QED) is 0.767. The molecule has 7 nitrogen and oxygen atoms in total. The van der Waals surface area contributed by atoms with E-state index in [-0.39, 0.29) is 35.9 Å². The summed E-state index contributed by atoms with van der Waals surface area (Å²) in [5, 5.41) is 13.1. The van der Waals surface area contributed by atoms with Crippen molar-refractivity contribution in [1.82, 2.24) is 10.2 Å². The maximum atomic E-state index is 11.8.